The number of nitrogens with zero attached hydrogens (tertiary/aromatic N) is 2. The third-order valence-electron chi connectivity index (χ3n) is 4.11. The van der Waals surface area contributed by atoms with E-state index < -0.39 is 5.97 Å². The minimum atomic E-state index is -0.607. The summed E-state index contributed by atoms with van der Waals surface area (Å²) in [6.45, 7) is 2.90. The van der Waals surface area contributed by atoms with Gasteiger partial charge in [0.2, 0.25) is 5.78 Å². The van der Waals surface area contributed by atoms with Gasteiger partial charge < -0.3 is 14.6 Å². The van der Waals surface area contributed by atoms with Gasteiger partial charge in [-0.3, -0.25) is 14.6 Å². The highest BCUT2D eigenvalue weighted by Gasteiger charge is 2.22. The van der Waals surface area contributed by atoms with Crippen molar-refractivity contribution in [2.24, 2.45) is 0 Å². The smallest absolute Gasteiger partial charge is 0.340 e. The first-order chi connectivity index (χ1) is 12.0. The number of aromatic amines is 1. The second kappa shape index (κ2) is 7.29. The first kappa shape index (κ1) is 16.9. The van der Waals surface area contributed by atoms with E-state index >= 15 is 0 Å². The highest BCUT2D eigenvalue weighted by Crippen LogP contribution is 2.14. The van der Waals surface area contributed by atoms with Crippen LogP contribution >= 0.6 is 0 Å². The normalized spacial score (nSPS) is 13.7. The molecule has 1 aliphatic heterocycles. The summed E-state index contributed by atoms with van der Waals surface area (Å²) < 4.78 is 5.02. The lowest BCUT2D eigenvalue weighted by atomic mass is 10.2. The van der Waals surface area contributed by atoms with Crippen LogP contribution in [-0.2, 0) is 4.74 Å². The highest BCUT2D eigenvalue weighted by atomic mass is 16.5. The molecule has 2 aromatic heterocycles. The fourth-order valence-corrected chi connectivity index (χ4v) is 2.66. The van der Waals surface area contributed by atoms with E-state index in [0.717, 1.165) is 31.6 Å². The number of likely N-dealkylation sites (tertiary alicyclic amines) is 1. The zero-order chi connectivity index (χ0) is 17.8. The molecule has 1 fully saturated rings. The molecule has 0 saturated carbocycles. The maximum atomic E-state index is 12.3. The second-order valence-electron chi connectivity index (χ2n) is 5.99. The molecule has 0 bridgehead atoms. The van der Waals surface area contributed by atoms with E-state index in [1.165, 1.54) is 18.5 Å². The fraction of sp³-hybridized carbons (Fsp3) is 0.333. The molecule has 0 radical (unpaired) electrons. The summed E-state index contributed by atoms with van der Waals surface area (Å²) in [5, 5.41) is 0. The van der Waals surface area contributed by atoms with Gasteiger partial charge in [0, 0.05) is 36.7 Å². The van der Waals surface area contributed by atoms with E-state index in [0.29, 0.717) is 11.3 Å². The van der Waals surface area contributed by atoms with Crippen molar-refractivity contribution in [3.05, 3.63) is 53.1 Å². The fourth-order valence-electron chi connectivity index (χ4n) is 2.66. The van der Waals surface area contributed by atoms with Gasteiger partial charge in [0.25, 0.3) is 5.91 Å². The number of nitrogens with one attached hydrogen (secondary N) is 1. The molecule has 7 heteroatoms. The van der Waals surface area contributed by atoms with Gasteiger partial charge in [-0.25, -0.2) is 4.79 Å². The van der Waals surface area contributed by atoms with Crippen molar-refractivity contribution >= 4 is 17.7 Å². The number of carbonyl (C=O) groups excluding carboxylic acids is 3. The van der Waals surface area contributed by atoms with Gasteiger partial charge in [-0.15, -0.1) is 0 Å². The van der Waals surface area contributed by atoms with Gasteiger partial charge in [-0.1, -0.05) is 0 Å². The molecular formula is C18H19N3O4. The van der Waals surface area contributed by atoms with Crippen LogP contribution in [0.2, 0.25) is 0 Å². The first-order valence-electron chi connectivity index (χ1n) is 8.15. The van der Waals surface area contributed by atoms with Crippen molar-refractivity contribution in [1.82, 2.24) is 14.9 Å². The highest BCUT2D eigenvalue weighted by molar-refractivity contribution is 6.02. The minimum absolute atomic E-state index is 0.112. The Morgan fingerprint density at radius 2 is 1.96 bits per heavy atom. The Hall–Kier alpha value is -2.96. The second-order valence-corrected chi connectivity index (χ2v) is 5.99. The van der Waals surface area contributed by atoms with Crippen LogP contribution in [0.1, 0.15) is 49.7 Å². The third kappa shape index (κ3) is 3.93. The van der Waals surface area contributed by atoms with Gasteiger partial charge in [0.05, 0.1) is 5.56 Å². The van der Waals surface area contributed by atoms with Gasteiger partial charge >= 0.3 is 5.97 Å². The van der Waals surface area contributed by atoms with E-state index in [-0.39, 0.29) is 23.9 Å². The quantitative estimate of drug-likeness (QED) is 0.663. The molecule has 0 spiro atoms. The number of amides is 1. The van der Waals surface area contributed by atoms with Crippen LogP contribution in [0, 0.1) is 6.92 Å². The molecule has 0 aromatic carbocycles. The topological polar surface area (TPSA) is 92.4 Å². The molecule has 3 heterocycles. The Labute approximate surface area is 145 Å². The molecule has 130 valence electrons. The first-order valence-corrected chi connectivity index (χ1v) is 8.15. The van der Waals surface area contributed by atoms with Crippen LogP contribution in [0.4, 0.5) is 0 Å². The molecule has 2 aromatic rings. The summed E-state index contributed by atoms with van der Waals surface area (Å²) in [5.41, 5.74) is 1.77. The number of aryl methyl sites for hydroxylation is 1. The largest absolute Gasteiger partial charge is 0.454 e. The molecule has 0 unspecified atom stereocenters. The maximum Gasteiger partial charge on any atom is 0.340 e. The van der Waals surface area contributed by atoms with Crippen LogP contribution < -0.4 is 0 Å². The van der Waals surface area contributed by atoms with Crippen molar-refractivity contribution in [1.29, 1.82) is 0 Å². The van der Waals surface area contributed by atoms with E-state index in [9.17, 15) is 14.4 Å². The number of hydrogen-bond acceptors (Lipinski definition) is 5. The van der Waals surface area contributed by atoms with Crippen molar-refractivity contribution in [3.63, 3.8) is 0 Å². The lowest BCUT2D eigenvalue weighted by Gasteiger charge is -2.13. The Morgan fingerprint density at radius 3 is 2.64 bits per heavy atom. The van der Waals surface area contributed by atoms with Crippen molar-refractivity contribution < 1.29 is 19.1 Å². The number of rotatable bonds is 5. The SMILES string of the molecule is Cc1ccc(C(=O)OCC(=O)c2c[nH]c(C(=O)N3CCCC3)c2)cn1. The molecule has 3 rings (SSSR count). The van der Waals surface area contributed by atoms with Crippen molar-refractivity contribution in [2.45, 2.75) is 19.8 Å². The van der Waals surface area contributed by atoms with E-state index in [2.05, 4.69) is 9.97 Å². The summed E-state index contributed by atoms with van der Waals surface area (Å²) >= 11 is 0. The summed E-state index contributed by atoms with van der Waals surface area (Å²) in [6.07, 6.45) is 4.88. The number of H-pyrrole nitrogens is 1. The number of pyridine rings is 1. The average molecular weight is 341 g/mol. The predicted octanol–water partition coefficient (Wildman–Crippen LogP) is 1.99. The summed E-state index contributed by atoms with van der Waals surface area (Å²) in [5.74, 6) is -1.09. The lowest BCUT2D eigenvalue weighted by Crippen LogP contribution is -2.27. The Balaban J connectivity index is 1.57. The molecule has 1 saturated heterocycles. The molecule has 7 nitrogen and oxygen atoms in total. The number of esters is 1. The van der Waals surface area contributed by atoms with Crippen LogP contribution in [0.15, 0.2) is 30.6 Å². The van der Waals surface area contributed by atoms with Gasteiger partial charge in [0.15, 0.2) is 6.61 Å². The minimum Gasteiger partial charge on any atom is -0.454 e. The standard InChI is InChI=1S/C18H19N3O4/c1-12-4-5-13(9-19-12)18(24)25-11-16(22)14-8-15(20-10-14)17(23)21-6-2-3-7-21/h4-5,8-10,20H,2-3,6-7,11H2,1H3. The number of Topliss-reactive ketones (excluding diaryl/α,β-unsaturated/α-hetero) is 1. The van der Waals surface area contributed by atoms with Crippen LogP contribution in [0.5, 0.6) is 0 Å². The van der Waals surface area contributed by atoms with Crippen molar-refractivity contribution in [2.75, 3.05) is 19.7 Å². The van der Waals surface area contributed by atoms with Crippen molar-refractivity contribution in [3.8, 4) is 0 Å². The number of carbonyl (C=O) groups is 3. The predicted molar refractivity (Wildman–Crippen MR) is 89.5 cm³/mol. The number of ketones is 1. The molecule has 0 aliphatic carbocycles. The number of ether oxygens (including phenoxy) is 1. The Morgan fingerprint density at radius 1 is 1.20 bits per heavy atom. The van der Waals surface area contributed by atoms with E-state index in [1.807, 2.05) is 6.92 Å². The Bertz CT molecular complexity index is 789. The van der Waals surface area contributed by atoms with E-state index in [4.69, 9.17) is 4.74 Å². The zero-order valence-electron chi connectivity index (χ0n) is 13.9. The van der Waals surface area contributed by atoms with Gasteiger partial charge in [-0.05, 0) is 38.0 Å². The molecule has 1 amide bonds. The van der Waals surface area contributed by atoms with Crippen LogP contribution in [0.3, 0.4) is 0 Å². The number of hydrogen-bond donors (Lipinski definition) is 1. The Kier molecular flexibility index (Phi) is 4.92. The summed E-state index contributed by atoms with van der Waals surface area (Å²) in [7, 11) is 0. The molecule has 0 atom stereocenters. The molecule has 1 N–H and O–H groups in total. The number of aromatic nitrogens is 2. The van der Waals surface area contributed by atoms with Gasteiger partial charge in [-0.2, -0.15) is 0 Å². The molecule has 1 aliphatic rings. The zero-order valence-corrected chi connectivity index (χ0v) is 13.9. The van der Waals surface area contributed by atoms with Crippen LogP contribution in [-0.4, -0.2) is 52.2 Å². The van der Waals surface area contributed by atoms with Gasteiger partial charge in [0.1, 0.15) is 5.69 Å². The summed E-state index contributed by atoms with van der Waals surface area (Å²) in [6, 6.07) is 4.79. The third-order valence-corrected chi connectivity index (χ3v) is 4.11. The average Bonchev–Trinajstić information content (AvgIpc) is 3.31. The lowest BCUT2D eigenvalue weighted by molar-refractivity contribution is 0.0474. The van der Waals surface area contributed by atoms with Crippen LogP contribution in [0.25, 0.3) is 0 Å². The van der Waals surface area contributed by atoms with E-state index in [1.54, 1.807) is 17.0 Å². The molecular weight excluding hydrogens is 322 g/mol. The summed E-state index contributed by atoms with van der Waals surface area (Å²) in [4.78, 5) is 44.9. The maximum absolute atomic E-state index is 12.3. The monoisotopic (exact) mass is 341 g/mol. The molecule has 25 heavy (non-hydrogen) atoms.